The van der Waals surface area contributed by atoms with Crippen molar-refractivity contribution in [2.75, 3.05) is 0 Å². The van der Waals surface area contributed by atoms with Crippen LogP contribution >= 0.6 is 0 Å². The van der Waals surface area contributed by atoms with E-state index in [1.54, 1.807) is 0 Å². The minimum Gasteiger partial charge on any atom is -0.257 e. The maximum Gasteiger partial charge on any atom is 0.0629 e. The number of hydrogen-bond acceptors (Lipinski definition) is 1. The van der Waals surface area contributed by atoms with Crippen LogP contribution in [0.2, 0.25) is 0 Å². The third kappa shape index (κ3) is 2.82. The molecule has 86 valence electrons. The summed E-state index contributed by atoms with van der Waals surface area (Å²) in [7, 11) is 0. The number of rotatable bonds is 2. The van der Waals surface area contributed by atoms with Crippen molar-refractivity contribution in [1.82, 2.24) is 4.98 Å². The second kappa shape index (κ2) is 4.96. The van der Waals surface area contributed by atoms with Crippen molar-refractivity contribution < 1.29 is 0 Å². The van der Waals surface area contributed by atoms with E-state index in [1.807, 2.05) is 24.4 Å². The van der Waals surface area contributed by atoms with Gasteiger partial charge in [0.1, 0.15) is 0 Å². The molecule has 0 fully saturated rings. The van der Waals surface area contributed by atoms with Crippen molar-refractivity contribution in [1.29, 1.82) is 0 Å². The highest BCUT2D eigenvalue weighted by molar-refractivity contribution is 5.71. The van der Waals surface area contributed by atoms with Crippen LogP contribution in [0.15, 0.2) is 36.5 Å². The van der Waals surface area contributed by atoms with Crippen molar-refractivity contribution in [2.24, 2.45) is 0 Å². The zero-order valence-corrected chi connectivity index (χ0v) is 10.6. The molecule has 17 heavy (non-hydrogen) atoms. The number of hydrogen-bond donors (Lipinski definition) is 0. The van der Waals surface area contributed by atoms with Gasteiger partial charge >= 0.3 is 0 Å². The standard InChI is InChI=1S/C16H17N/c1-12-10-13(2)16(14(3)11-12)8-7-15-6-4-5-9-17-15/h4-11H,1-3H3/b8-7+. The molecular weight excluding hydrogens is 206 g/mol. The summed E-state index contributed by atoms with van der Waals surface area (Å²) in [6, 6.07) is 10.4. The average Bonchev–Trinajstić information content (AvgIpc) is 2.29. The second-order valence-corrected chi connectivity index (χ2v) is 4.40. The summed E-state index contributed by atoms with van der Waals surface area (Å²) in [5.41, 5.74) is 6.23. The zero-order valence-electron chi connectivity index (χ0n) is 10.6. The molecule has 2 aromatic rings. The van der Waals surface area contributed by atoms with Gasteiger partial charge in [-0.15, -0.1) is 0 Å². The van der Waals surface area contributed by atoms with E-state index in [1.165, 1.54) is 22.3 Å². The maximum atomic E-state index is 4.28. The van der Waals surface area contributed by atoms with Crippen LogP contribution in [0.1, 0.15) is 27.9 Å². The molecule has 0 bridgehead atoms. The summed E-state index contributed by atoms with van der Waals surface area (Å²) < 4.78 is 0. The third-order valence-corrected chi connectivity index (χ3v) is 2.85. The Hall–Kier alpha value is -1.89. The monoisotopic (exact) mass is 223 g/mol. The molecule has 0 N–H and O–H groups in total. The molecule has 0 aliphatic carbocycles. The Bertz CT molecular complexity index is 516. The first kappa shape index (κ1) is 11.6. The SMILES string of the molecule is Cc1cc(C)c(/C=C/c2ccccn2)c(C)c1. The molecule has 0 saturated heterocycles. The predicted molar refractivity (Wildman–Crippen MR) is 73.8 cm³/mol. The summed E-state index contributed by atoms with van der Waals surface area (Å²) in [6.07, 6.45) is 6.02. The van der Waals surface area contributed by atoms with Gasteiger partial charge in [-0.2, -0.15) is 0 Å². The second-order valence-electron chi connectivity index (χ2n) is 4.40. The number of benzene rings is 1. The molecule has 0 atom stereocenters. The Morgan fingerprint density at radius 1 is 0.941 bits per heavy atom. The van der Waals surface area contributed by atoms with Gasteiger partial charge in [0.05, 0.1) is 5.69 Å². The van der Waals surface area contributed by atoms with E-state index in [4.69, 9.17) is 0 Å². The minimum absolute atomic E-state index is 0.992. The topological polar surface area (TPSA) is 12.9 Å². The van der Waals surface area contributed by atoms with Gasteiger partial charge in [0, 0.05) is 6.20 Å². The first-order chi connectivity index (χ1) is 8.16. The lowest BCUT2D eigenvalue weighted by Gasteiger charge is -2.06. The van der Waals surface area contributed by atoms with Crippen LogP contribution in [-0.2, 0) is 0 Å². The van der Waals surface area contributed by atoms with E-state index < -0.39 is 0 Å². The Balaban J connectivity index is 2.34. The van der Waals surface area contributed by atoms with Crippen molar-refractivity contribution in [2.45, 2.75) is 20.8 Å². The number of aryl methyl sites for hydroxylation is 3. The highest BCUT2D eigenvalue weighted by Gasteiger charge is 1.99. The van der Waals surface area contributed by atoms with Crippen LogP contribution < -0.4 is 0 Å². The van der Waals surface area contributed by atoms with Crippen LogP contribution in [0.5, 0.6) is 0 Å². The minimum atomic E-state index is 0.992. The van der Waals surface area contributed by atoms with E-state index in [9.17, 15) is 0 Å². The van der Waals surface area contributed by atoms with Gasteiger partial charge in [-0.1, -0.05) is 29.8 Å². The summed E-state index contributed by atoms with van der Waals surface area (Å²) in [5, 5.41) is 0. The molecule has 1 aromatic heterocycles. The van der Waals surface area contributed by atoms with Crippen LogP contribution in [-0.4, -0.2) is 4.98 Å². The fourth-order valence-corrected chi connectivity index (χ4v) is 2.10. The van der Waals surface area contributed by atoms with Crippen LogP contribution in [0, 0.1) is 20.8 Å². The third-order valence-electron chi connectivity index (χ3n) is 2.85. The molecule has 2 rings (SSSR count). The van der Waals surface area contributed by atoms with Crippen molar-refractivity contribution >= 4 is 12.2 Å². The summed E-state index contributed by atoms with van der Waals surface area (Å²) >= 11 is 0. The van der Waals surface area contributed by atoms with E-state index in [0.717, 1.165) is 5.69 Å². The number of aromatic nitrogens is 1. The maximum absolute atomic E-state index is 4.28. The lowest BCUT2D eigenvalue weighted by Crippen LogP contribution is -1.88. The Morgan fingerprint density at radius 3 is 2.24 bits per heavy atom. The van der Waals surface area contributed by atoms with E-state index >= 15 is 0 Å². The van der Waals surface area contributed by atoms with Crippen LogP contribution in [0.25, 0.3) is 12.2 Å². The fraction of sp³-hybridized carbons (Fsp3) is 0.188. The molecule has 0 aliphatic heterocycles. The van der Waals surface area contributed by atoms with Gasteiger partial charge in [0.15, 0.2) is 0 Å². The molecule has 1 heteroatoms. The van der Waals surface area contributed by atoms with Crippen molar-refractivity contribution in [3.63, 3.8) is 0 Å². The molecular formula is C16H17N. The Labute approximate surface area is 103 Å². The molecule has 0 saturated carbocycles. The van der Waals surface area contributed by atoms with Gasteiger partial charge in [-0.25, -0.2) is 0 Å². The molecule has 1 heterocycles. The number of pyridine rings is 1. The molecule has 0 unspecified atom stereocenters. The van der Waals surface area contributed by atoms with Gasteiger partial charge in [0.25, 0.3) is 0 Å². The highest BCUT2D eigenvalue weighted by atomic mass is 14.6. The lowest BCUT2D eigenvalue weighted by molar-refractivity contribution is 1.29. The number of nitrogens with zero attached hydrogens (tertiary/aromatic N) is 1. The highest BCUT2D eigenvalue weighted by Crippen LogP contribution is 2.18. The van der Waals surface area contributed by atoms with Gasteiger partial charge in [0.2, 0.25) is 0 Å². The van der Waals surface area contributed by atoms with Gasteiger partial charge in [-0.3, -0.25) is 4.98 Å². The van der Waals surface area contributed by atoms with Crippen LogP contribution in [0.3, 0.4) is 0 Å². The zero-order chi connectivity index (χ0) is 12.3. The Kier molecular flexibility index (Phi) is 3.38. The normalized spacial score (nSPS) is 11.0. The van der Waals surface area contributed by atoms with Gasteiger partial charge in [-0.05, 0) is 55.7 Å². The summed E-state index contributed by atoms with van der Waals surface area (Å²) in [5.74, 6) is 0. The van der Waals surface area contributed by atoms with E-state index in [0.29, 0.717) is 0 Å². The van der Waals surface area contributed by atoms with E-state index in [2.05, 4.69) is 50.0 Å². The van der Waals surface area contributed by atoms with E-state index in [-0.39, 0.29) is 0 Å². The summed E-state index contributed by atoms with van der Waals surface area (Å²) in [6.45, 7) is 6.43. The van der Waals surface area contributed by atoms with Gasteiger partial charge < -0.3 is 0 Å². The molecule has 0 aliphatic rings. The first-order valence-corrected chi connectivity index (χ1v) is 5.84. The molecule has 0 amide bonds. The fourth-order valence-electron chi connectivity index (χ4n) is 2.10. The first-order valence-electron chi connectivity index (χ1n) is 5.84. The largest absolute Gasteiger partial charge is 0.257 e. The molecule has 0 radical (unpaired) electrons. The van der Waals surface area contributed by atoms with Crippen molar-refractivity contribution in [3.8, 4) is 0 Å². The smallest absolute Gasteiger partial charge is 0.0629 e. The quantitative estimate of drug-likeness (QED) is 0.744. The summed E-state index contributed by atoms with van der Waals surface area (Å²) in [4.78, 5) is 4.28. The molecule has 0 spiro atoms. The molecule has 1 nitrogen and oxygen atoms in total. The predicted octanol–water partition coefficient (Wildman–Crippen LogP) is 4.18. The molecule has 1 aromatic carbocycles. The van der Waals surface area contributed by atoms with Crippen LogP contribution in [0.4, 0.5) is 0 Å². The average molecular weight is 223 g/mol. The lowest BCUT2D eigenvalue weighted by atomic mass is 9.99. The van der Waals surface area contributed by atoms with Crippen molar-refractivity contribution in [3.05, 3.63) is 64.5 Å². The Morgan fingerprint density at radius 2 is 1.65 bits per heavy atom.